The van der Waals surface area contributed by atoms with E-state index in [1.807, 2.05) is 0 Å². The summed E-state index contributed by atoms with van der Waals surface area (Å²) in [7, 11) is 0. The number of aromatic amines is 1. The van der Waals surface area contributed by atoms with E-state index >= 15 is 0 Å². The van der Waals surface area contributed by atoms with Gasteiger partial charge in [-0.3, -0.25) is 9.59 Å². The van der Waals surface area contributed by atoms with Gasteiger partial charge in [-0.1, -0.05) is 19.1 Å². The average molecular weight is 328 g/mol. The Hall–Kier alpha value is -3.16. The summed E-state index contributed by atoms with van der Waals surface area (Å²) < 4.78 is 1.45. The number of benzene rings is 1. The first-order chi connectivity index (χ1) is 11.4. The van der Waals surface area contributed by atoms with Crippen molar-refractivity contribution < 1.29 is 14.7 Å². The molecule has 0 aliphatic rings. The van der Waals surface area contributed by atoms with E-state index in [2.05, 4.69) is 15.4 Å². The number of carbonyl (C=O) groups is 2. The Labute approximate surface area is 136 Å². The number of carbonyl (C=O) groups excluding carboxylic acids is 1. The Morgan fingerprint density at radius 2 is 2.08 bits per heavy atom. The van der Waals surface area contributed by atoms with Crippen LogP contribution in [0.5, 0.6) is 0 Å². The standard InChI is InChI=1S/C16H16N4O4/c1-3-16(2,15(23)24)19-14(22)10-8-17-20-11-7-5-4-6-9(11)13(21)18-12(10)20/h4-8H,3H2,1-2H3,(H,18,21)(H,19,22)(H,23,24). The second-order valence-corrected chi connectivity index (χ2v) is 5.73. The molecular weight excluding hydrogens is 312 g/mol. The molecule has 8 nitrogen and oxygen atoms in total. The Bertz CT molecular complexity index is 1020. The van der Waals surface area contributed by atoms with Crippen molar-refractivity contribution in [2.45, 2.75) is 25.8 Å². The van der Waals surface area contributed by atoms with Crippen LogP contribution in [-0.2, 0) is 4.79 Å². The summed E-state index contributed by atoms with van der Waals surface area (Å²) in [6, 6.07) is 6.88. The van der Waals surface area contributed by atoms with Crippen LogP contribution < -0.4 is 10.9 Å². The summed E-state index contributed by atoms with van der Waals surface area (Å²) in [4.78, 5) is 38.7. The van der Waals surface area contributed by atoms with Crippen LogP contribution in [0.1, 0.15) is 30.6 Å². The molecule has 1 unspecified atom stereocenters. The van der Waals surface area contributed by atoms with Gasteiger partial charge in [0.1, 0.15) is 16.7 Å². The van der Waals surface area contributed by atoms with E-state index in [1.54, 1.807) is 31.2 Å². The summed E-state index contributed by atoms with van der Waals surface area (Å²) in [5, 5.41) is 16.4. The van der Waals surface area contributed by atoms with Crippen LogP contribution in [-0.4, -0.2) is 37.1 Å². The number of aliphatic carboxylic acids is 1. The predicted octanol–water partition coefficient (Wildman–Crippen LogP) is 1.16. The minimum Gasteiger partial charge on any atom is -0.480 e. The molecule has 8 heteroatoms. The van der Waals surface area contributed by atoms with Gasteiger partial charge >= 0.3 is 5.97 Å². The number of rotatable bonds is 4. The van der Waals surface area contributed by atoms with Crippen molar-refractivity contribution in [2.75, 3.05) is 0 Å². The van der Waals surface area contributed by atoms with Gasteiger partial charge in [0.25, 0.3) is 11.5 Å². The Morgan fingerprint density at radius 3 is 2.75 bits per heavy atom. The van der Waals surface area contributed by atoms with Gasteiger partial charge in [0, 0.05) is 0 Å². The van der Waals surface area contributed by atoms with E-state index in [4.69, 9.17) is 0 Å². The number of para-hydroxylation sites is 1. The van der Waals surface area contributed by atoms with Crippen LogP contribution in [0.15, 0.2) is 35.3 Å². The number of nitrogens with zero attached hydrogens (tertiary/aromatic N) is 2. The zero-order chi connectivity index (χ0) is 17.5. The lowest BCUT2D eigenvalue weighted by atomic mass is 9.99. The molecule has 1 atom stereocenters. The van der Waals surface area contributed by atoms with Crippen LogP contribution in [0.25, 0.3) is 16.6 Å². The van der Waals surface area contributed by atoms with E-state index in [1.165, 1.54) is 17.6 Å². The maximum absolute atomic E-state index is 12.5. The fraction of sp³-hybridized carbons (Fsp3) is 0.250. The number of hydrogen-bond acceptors (Lipinski definition) is 4. The number of H-pyrrole nitrogens is 1. The van der Waals surface area contributed by atoms with Gasteiger partial charge in [-0.25, -0.2) is 9.31 Å². The number of hydrogen-bond donors (Lipinski definition) is 3. The molecule has 0 spiro atoms. The molecule has 3 N–H and O–H groups in total. The zero-order valence-corrected chi connectivity index (χ0v) is 13.2. The van der Waals surface area contributed by atoms with Gasteiger partial charge in [0.2, 0.25) is 0 Å². The van der Waals surface area contributed by atoms with Crippen molar-refractivity contribution in [1.82, 2.24) is 19.9 Å². The first-order valence-corrected chi connectivity index (χ1v) is 7.42. The lowest BCUT2D eigenvalue weighted by Crippen LogP contribution is -2.51. The summed E-state index contributed by atoms with van der Waals surface area (Å²) in [5.41, 5.74) is -0.850. The smallest absolute Gasteiger partial charge is 0.329 e. The zero-order valence-electron chi connectivity index (χ0n) is 13.2. The maximum atomic E-state index is 12.5. The van der Waals surface area contributed by atoms with Crippen LogP contribution in [0, 0.1) is 0 Å². The minimum atomic E-state index is -1.40. The molecule has 124 valence electrons. The first kappa shape index (κ1) is 15.7. The Morgan fingerprint density at radius 1 is 1.38 bits per heavy atom. The fourth-order valence-corrected chi connectivity index (χ4v) is 2.45. The topological polar surface area (TPSA) is 117 Å². The van der Waals surface area contributed by atoms with Crippen LogP contribution in [0.3, 0.4) is 0 Å². The Balaban J connectivity index is 2.13. The molecule has 0 fully saturated rings. The number of nitrogens with one attached hydrogen (secondary N) is 2. The number of aromatic nitrogens is 3. The fourth-order valence-electron chi connectivity index (χ4n) is 2.45. The molecule has 0 radical (unpaired) electrons. The summed E-state index contributed by atoms with van der Waals surface area (Å²) in [6.07, 6.45) is 1.53. The maximum Gasteiger partial charge on any atom is 0.329 e. The largest absolute Gasteiger partial charge is 0.480 e. The van der Waals surface area contributed by atoms with Crippen molar-refractivity contribution >= 4 is 28.4 Å². The molecule has 1 aromatic carbocycles. The van der Waals surface area contributed by atoms with E-state index in [0.717, 1.165) is 0 Å². The van der Waals surface area contributed by atoms with Crippen molar-refractivity contribution in [3.8, 4) is 0 Å². The van der Waals surface area contributed by atoms with Crippen molar-refractivity contribution in [2.24, 2.45) is 0 Å². The molecule has 3 rings (SSSR count). The monoisotopic (exact) mass is 328 g/mol. The highest BCUT2D eigenvalue weighted by Gasteiger charge is 2.34. The normalized spacial score (nSPS) is 13.8. The Kier molecular flexibility index (Phi) is 3.59. The molecule has 0 bridgehead atoms. The average Bonchev–Trinajstić information content (AvgIpc) is 2.98. The highest BCUT2D eigenvalue weighted by Crippen LogP contribution is 2.16. The number of amides is 1. The first-order valence-electron chi connectivity index (χ1n) is 7.42. The van der Waals surface area contributed by atoms with Gasteiger partial charge in [-0.15, -0.1) is 0 Å². The van der Waals surface area contributed by atoms with Gasteiger partial charge in [0.15, 0.2) is 0 Å². The molecule has 0 saturated carbocycles. The van der Waals surface area contributed by atoms with E-state index in [-0.39, 0.29) is 23.2 Å². The molecular formula is C16H16N4O4. The lowest BCUT2D eigenvalue weighted by Gasteiger charge is -2.24. The predicted molar refractivity (Wildman–Crippen MR) is 87.1 cm³/mol. The molecule has 24 heavy (non-hydrogen) atoms. The second kappa shape index (κ2) is 5.48. The summed E-state index contributed by atoms with van der Waals surface area (Å²) in [6.45, 7) is 3.09. The summed E-state index contributed by atoms with van der Waals surface area (Å²) in [5.74, 6) is -1.74. The van der Waals surface area contributed by atoms with Gasteiger partial charge in [-0.2, -0.15) is 5.10 Å². The number of carboxylic acids is 1. The number of fused-ring (bicyclic) bond motifs is 3. The third kappa shape index (κ3) is 2.32. The van der Waals surface area contributed by atoms with Crippen LogP contribution in [0.2, 0.25) is 0 Å². The second-order valence-electron chi connectivity index (χ2n) is 5.73. The quantitative estimate of drug-likeness (QED) is 0.664. The molecule has 0 saturated heterocycles. The van der Waals surface area contributed by atoms with Gasteiger partial charge in [-0.05, 0) is 25.5 Å². The van der Waals surface area contributed by atoms with E-state index in [9.17, 15) is 19.5 Å². The van der Waals surface area contributed by atoms with E-state index in [0.29, 0.717) is 10.9 Å². The van der Waals surface area contributed by atoms with Crippen molar-refractivity contribution in [3.63, 3.8) is 0 Å². The van der Waals surface area contributed by atoms with Crippen molar-refractivity contribution in [1.29, 1.82) is 0 Å². The highest BCUT2D eigenvalue weighted by molar-refractivity contribution is 6.02. The van der Waals surface area contributed by atoms with Crippen LogP contribution >= 0.6 is 0 Å². The minimum absolute atomic E-state index is 0.110. The van der Waals surface area contributed by atoms with Crippen molar-refractivity contribution in [3.05, 3.63) is 46.4 Å². The third-order valence-electron chi connectivity index (χ3n) is 4.19. The molecule has 2 heterocycles. The molecule has 0 aliphatic heterocycles. The lowest BCUT2D eigenvalue weighted by molar-refractivity contribution is -0.143. The van der Waals surface area contributed by atoms with Gasteiger partial charge in [0.05, 0.1) is 17.1 Å². The van der Waals surface area contributed by atoms with Gasteiger partial charge < -0.3 is 15.4 Å². The van der Waals surface area contributed by atoms with E-state index < -0.39 is 17.4 Å². The SMILES string of the molecule is CCC(C)(NC(=O)c1cnn2c1[nH]c(=O)c1ccccc12)C(=O)O. The molecule has 0 aliphatic carbocycles. The summed E-state index contributed by atoms with van der Waals surface area (Å²) >= 11 is 0. The highest BCUT2D eigenvalue weighted by atomic mass is 16.4. The third-order valence-corrected chi connectivity index (χ3v) is 4.19. The molecule has 3 aromatic rings. The van der Waals surface area contributed by atoms with Crippen LogP contribution in [0.4, 0.5) is 0 Å². The molecule has 2 aromatic heterocycles. The number of carboxylic acid groups (broad SMARTS) is 1. The molecule has 1 amide bonds.